The summed E-state index contributed by atoms with van der Waals surface area (Å²) in [6.45, 7) is 0.0368. The number of hydrogen-bond acceptors (Lipinski definition) is 5. The first-order valence-electron chi connectivity index (χ1n) is 7.90. The Kier molecular flexibility index (Phi) is 5.98. The van der Waals surface area contributed by atoms with Crippen LogP contribution in [-0.2, 0) is 6.54 Å². The van der Waals surface area contributed by atoms with Crippen LogP contribution >= 0.6 is 23.4 Å². The highest BCUT2D eigenvalue weighted by Gasteiger charge is 2.19. The van der Waals surface area contributed by atoms with Gasteiger partial charge in [0.1, 0.15) is 11.6 Å². The third-order valence-corrected chi connectivity index (χ3v) is 4.75. The quantitative estimate of drug-likeness (QED) is 0.632. The van der Waals surface area contributed by atoms with Crippen molar-refractivity contribution in [1.82, 2.24) is 20.1 Å². The maximum atomic E-state index is 13.9. The lowest BCUT2D eigenvalue weighted by Gasteiger charge is -2.13. The molecule has 0 aliphatic carbocycles. The smallest absolute Gasteiger partial charge is 0.256 e. The Balaban J connectivity index is 1.91. The van der Waals surface area contributed by atoms with Gasteiger partial charge in [-0.3, -0.25) is 9.36 Å². The molecule has 9 heteroatoms. The molecule has 0 atom stereocenters. The van der Waals surface area contributed by atoms with Gasteiger partial charge in [-0.15, -0.1) is 10.2 Å². The lowest BCUT2D eigenvalue weighted by atomic mass is 10.2. The Hall–Kier alpha value is -2.58. The first-order chi connectivity index (χ1) is 13.1. The van der Waals surface area contributed by atoms with Crippen LogP contribution in [0.4, 0.5) is 4.39 Å². The zero-order valence-corrected chi connectivity index (χ0v) is 16.1. The Bertz CT molecular complexity index is 959. The first kappa shape index (κ1) is 19.2. The minimum atomic E-state index is -0.684. The summed E-state index contributed by atoms with van der Waals surface area (Å²) < 4.78 is 21.1. The molecule has 0 saturated carbocycles. The molecule has 0 unspecified atom stereocenters. The number of carbonyl (C=O) groups excluding carboxylic acids is 1. The molecule has 3 aromatic rings. The fourth-order valence-electron chi connectivity index (χ4n) is 2.57. The largest absolute Gasteiger partial charge is 0.495 e. The van der Waals surface area contributed by atoms with Crippen LogP contribution in [0.1, 0.15) is 16.2 Å². The van der Waals surface area contributed by atoms with E-state index in [1.807, 2.05) is 30.5 Å². The number of hydrogen-bond donors (Lipinski definition) is 1. The summed E-state index contributed by atoms with van der Waals surface area (Å²) in [6, 6.07) is 11.5. The van der Waals surface area contributed by atoms with Crippen LogP contribution < -0.4 is 10.1 Å². The lowest BCUT2D eigenvalue weighted by Crippen LogP contribution is -2.26. The van der Waals surface area contributed by atoms with Crippen LogP contribution in [0.2, 0.25) is 5.02 Å². The molecule has 3 rings (SSSR count). The number of thioether (sulfide) groups is 1. The number of nitrogens with zero attached hydrogens (tertiary/aromatic N) is 3. The lowest BCUT2D eigenvalue weighted by molar-refractivity contribution is 0.0946. The summed E-state index contributed by atoms with van der Waals surface area (Å²) in [4.78, 5) is 12.4. The molecule has 1 heterocycles. The van der Waals surface area contributed by atoms with Crippen molar-refractivity contribution in [2.75, 3.05) is 13.4 Å². The highest BCUT2D eigenvalue weighted by molar-refractivity contribution is 7.98. The molecule has 27 heavy (non-hydrogen) atoms. The number of carbonyl (C=O) groups is 1. The second-order valence-electron chi connectivity index (χ2n) is 5.39. The molecule has 0 aliphatic heterocycles. The van der Waals surface area contributed by atoms with E-state index in [0.29, 0.717) is 16.7 Å². The number of amides is 1. The van der Waals surface area contributed by atoms with E-state index in [9.17, 15) is 9.18 Å². The SMILES string of the molecule is COc1ccccc1-n1c(CNC(=O)c2c(F)cccc2Cl)nnc1SC. The van der Waals surface area contributed by atoms with Crippen molar-refractivity contribution in [3.05, 3.63) is 64.7 Å². The van der Waals surface area contributed by atoms with Gasteiger partial charge in [-0.25, -0.2) is 4.39 Å². The molecule has 1 aromatic heterocycles. The molecule has 0 saturated heterocycles. The van der Waals surface area contributed by atoms with E-state index in [1.165, 1.54) is 30.0 Å². The molecule has 2 aromatic carbocycles. The van der Waals surface area contributed by atoms with Crippen LogP contribution in [0.25, 0.3) is 5.69 Å². The van der Waals surface area contributed by atoms with Gasteiger partial charge in [0, 0.05) is 0 Å². The van der Waals surface area contributed by atoms with Gasteiger partial charge < -0.3 is 10.1 Å². The number of ether oxygens (including phenoxy) is 1. The fraction of sp³-hybridized carbons (Fsp3) is 0.167. The first-order valence-corrected chi connectivity index (χ1v) is 9.51. The van der Waals surface area contributed by atoms with Crippen LogP contribution in [0.3, 0.4) is 0 Å². The normalized spacial score (nSPS) is 10.7. The van der Waals surface area contributed by atoms with Crippen molar-refractivity contribution >= 4 is 29.3 Å². The van der Waals surface area contributed by atoms with Gasteiger partial charge >= 0.3 is 0 Å². The molecule has 0 radical (unpaired) electrons. The molecular formula is C18H16ClFN4O2S. The predicted octanol–water partition coefficient (Wildman–Crippen LogP) is 3.72. The van der Waals surface area contributed by atoms with Crippen molar-refractivity contribution < 1.29 is 13.9 Å². The van der Waals surface area contributed by atoms with Crippen molar-refractivity contribution in [3.8, 4) is 11.4 Å². The van der Waals surface area contributed by atoms with Crippen LogP contribution in [0, 0.1) is 5.82 Å². The monoisotopic (exact) mass is 406 g/mol. The van der Waals surface area contributed by atoms with Gasteiger partial charge in [-0.2, -0.15) is 0 Å². The average Bonchev–Trinajstić information content (AvgIpc) is 3.09. The molecule has 6 nitrogen and oxygen atoms in total. The van der Waals surface area contributed by atoms with Crippen molar-refractivity contribution in [3.63, 3.8) is 0 Å². The number of halogens is 2. The minimum absolute atomic E-state index is 0.0368. The molecule has 0 fully saturated rings. The highest BCUT2D eigenvalue weighted by atomic mass is 35.5. The second kappa shape index (κ2) is 8.41. The number of methoxy groups -OCH3 is 1. The summed E-state index contributed by atoms with van der Waals surface area (Å²) >= 11 is 7.35. The van der Waals surface area contributed by atoms with Crippen molar-refractivity contribution in [1.29, 1.82) is 0 Å². The molecule has 0 aliphatic rings. The average molecular weight is 407 g/mol. The Labute approximate surface area is 164 Å². The molecule has 1 amide bonds. The summed E-state index contributed by atoms with van der Waals surface area (Å²) in [6.07, 6.45) is 1.87. The van der Waals surface area contributed by atoms with Crippen LogP contribution in [0.15, 0.2) is 47.6 Å². The standard InChI is InChI=1S/C18H16ClFN4O2S/c1-26-14-9-4-3-8-13(14)24-15(22-23-18(24)27-2)10-21-17(25)16-11(19)6-5-7-12(16)20/h3-9H,10H2,1-2H3,(H,21,25). The van der Waals surface area contributed by atoms with Crippen molar-refractivity contribution in [2.24, 2.45) is 0 Å². The van der Waals surface area contributed by atoms with Crippen LogP contribution in [-0.4, -0.2) is 34.0 Å². The van der Waals surface area contributed by atoms with E-state index in [2.05, 4.69) is 15.5 Å². The third kappa shape index (κ3) is 3.91. The summed E-state index contributed by atoms with van der Waals surface area (Å²) in [5.41, 5.74) is 0.537. The molecule has 140 valence electrons. The zero-order chi connectivity index (χ0) is 19.4. The van der Waals surface area contributed by atoms with E-state index in [-0.39, 0.29) is 17.1 Å². The van der Waals surface area contributed by atoms with E-state index >= 15 is 0 Å². The fourth-order valence-corrected chi connectivity index (χ4v) is 3.32. The summed E-state index contributed by atoms with van der Waals surface area (Å²) in [5.74, 6) is -0.198. The van der Waals surface area contributed by atoms with Gasteiger partial charge in [0.15, 0.2) is 11.0 Å². The molecule has 0 bridgehead atoms. The number of benzene rings is 2. The van der Waals surface area contributed by atoms with Gasteiger partial charge in [0.25, 0.3) is 5.91 Å². The maximum Gasteiger partial charge on any atom is 0.256 e. The number of para-hydroxylation sites is 2. The summed E-state index contributed by atoms with van der Waals surface area (Å²) in [5, 5.41) is 11.6. The molecular weight excluding hydrogens is 391 g/mol. The topological polar surface area (TPSA) is 69.0 Å². The minimum Gasteiger partial charge on any atom is -0.495 e. The van der Waals surface area contributed by atoms with Gasteiger partial charge in [0.05, 0.1) is 29.9 Å². The van der Waals surface area contributed by atoms with Gasteiger partial charge in [-0.1, -0.05) is 41.6 Å². The summed E-state index contributed by atoms with van der Waals surface area (Å²) in [7, 11) is 1.57. The van der Waals surface area contributed by atoms with E-state index in [4.69, 9.17) is 16.3 Å². The Morgan fingerprint density at radius 3 is 2.74 bits per heavy atom. The van der Waals surface area contributed by atoms with Crippen LogP contribution in [0.5, 0.6) is 5.75 Å². The highest BCUT2D eigenvalue weighted by Crippen LogP contribution is 2.27. The maximum absolute atomic E-state index is 13.9. The Morgan fingerprint density at radius 2 is 2.04 bits per heavy atom. The Morgan fingerprint density at radius 1 is 1.26 bits per heavy atom. The zero-order valence-electron chi connectivity index (χ0n) is 14.6. The van der Waals surface area contributed by atoms with E-state index in [0.717, 1.165) is 5.69 Å². The van der Waals surface area contributed by atoms with Gasteiger partial charge in [-0.05, 0) is 30.5 Å². The van der Waals surface area contributed by atoms with E-state index < -0.39 is 11.7 Å². The second-order valence-corrected chi connectivity index (χ2v) is 6.57. The van der Waals surface area contributed by atoms with E-state index in [1.54, 1.807) is 11.7 Å². The van der Waals surface area contributed by atoms with Gasteiger partial charge in [0.2, 0.25) is 0 Å². The van der Waals surface area contributed by atoms with Crippen molar-refractivity contribution in [2.45, 2.75) is 11.7 Å². The molecule has 1 N–H and O–H groups in total. The third-order valence-electron chi connectivity index (χ3n) is 3.81. The predicted molar refractivity (Wildman–Crippen MR) is 102 cm³/mol. The number of rotatable bonds is 6. The number of aromatic nitrogens is 3. The molecule has 0 spiro atoms. The number of nitrogens with one attached hydrogen (secondary N) is 1.